The van der Waals surface area contributed by atoms with Gasteiger partial charge in [0.05, 0.1) is 39.4 Å². The Balaban J connectivity index is 1.43. The number of hydrogen-bond donors (Lipinski definition) is 1. The Bertz CT molecular complexity index is 1990. The highest BCUT2D eigenvalue weighted by Crippen LogP contribution is 2.35. The summed E-state index contributed by atoms with van der Waals surface area (Å²) in [7, 11) is -2.01. The van der Waals surface area contributed by atoms with Gasteiger partial charge in [-0.15, -0.1) is 11.3 Å². The Hall–Kier alpha value is -4.35. The average Bonchev–Trinajstić information content (AvgIpc) is 3.63. The number of rotatable bonds is 6. The largest absolute Gasteiger partial charge is 0.325 e. The molecule has 0 fully saturated rings. The van der Waals surface area contributed by atoms with Gasteiger partial charge in [0, 0.05) is 35.6 Å². The lowest BCUT2D eigenvalue weighted by molar-refractivity contribution is -0.115. The number of amides is 1. The highest BCUT2D eigenvalue weighted by Gasteiger charge is 2.22. The second-order valence-electron chi connectivity index (χ2n) is 9.33. The maximum absolute atomic E-state index is 13.4. The molecule has 6 aromatic rings. The maximum Gasteiger partial charge on any atom is 0.269 e. The van der Waals surface area contributed by atoms with E-state index in [-0.39, 0.29) is 17.2 Å². The predicted octanol–water partition coefficient (Wildman–Crippen LogP) is 5.08. The molecule has 0 bridgehead atoms. The molecule has 1 amide bonds. The number of nitrogens with zero attached hydrogens (tertiary/aromatic N) is 5. The minimum Gasteiger partial charge on any atom is -0.325 e. The van der Waals surface area contributed by atoms with Gasteiger partial charge in [0.1, 0.15) is 0 Å². The summed E-state index contributed by atoms with van der Waals surface area (Å²) in [6, 6.07) is 14.2. The third-order valence-corrected chi connectivity index (χ3v) is 9.10. The zero-order chi connectivity index (χ0) is 27.3. The second kappa shape index (κ2) is 9.44. The number of pyridine rings is 1. The van der Waals surface area contributed by atoms with Crippen LogP contribution in [0.2, 0.25) is 0 Å². The van der Waals surface area contributed by atoms with Crippen LogP contribution in [-0.4, -0.2) is 38.0 Å². The Morgan fingerprint density at radius 3 is 2.59 bits per heavy atom. The van der Waals surface area contributed by atoms with Gasteiger partial charge in [-0.25, -0.2) is 22.4 Å². The SMILES string of the molecule is Cc1ccc(S(=O)(=O)n2ccc3c(-c4cc(NC(=O)Cc5csc(C)n5)c5cnn(C)c5c4)ccnc32)cc1. The summed E-state index contributed by atoms with van der Waals surface area (Å²) < 4.78 is 29.8. The number of thiazole rings is 1. The fourth-order valence-corrected chi connectivity index (χ4v) is 6.55. The summed E-state index contributed by atoms with van der Waals surface area (Å²) in [4.78, 5) is 21.9. The van der Waals surface area contributed by atoms with E-state index in [2.05, 4.69) is 20.4 Å². The first-order valence-corrected chi connectivity index (χ1v) is 14.5. The average molecular weight is 557 g/mol. The summed E-state index contributed by atoms with van der Waals surface area (Å²) in [5.74, 6) is -0.183. The summed E-state index contributed by atoms with van der Waals surface area (Å²) in [6.45, 7) is 3.81. The van der Waals surface area contributed by atoms with Gasteiger partial charge in [0.25, 0.3) is 10.0 Å². The van der Waals surface area contributed by atoms with Crippen molar-refractivity contribution in [3.05, 3.63) is 88.8 Å². The fraction of sp³-hybridized carbons (Fsp3) is 0.143. The summed E-state index contributed by atoms with van der Waals surface area (Å²) in [5, 5.41) is 11.7. The van der Waals surface area contributed by atoms with Crippen LogP contribution in [0.25, 0.3) is 33.1 Å². The molecule has 196 valence electrons. The number of carbonyl (C=O) groups excluding carboxylic acids is 1. The molecule has 6 rings (SSSR count). The van der Waals surface area contributed by atoms with Gasteiger partial charge in [-0.05, 0) is 61.4 Å². The lowest BCUT2D eigenvalue weighted by Gasteiger charge is -2.12. The molecule has 0 aliphatic heterocycles. The maximum atomic E-state index is 13.4. The van der Waals surface area contributed by atoms with Crippen molar-refractivity contribution in [1.29, 1.82) is 0 Å². The van der Waals surface area contributed by atoms with Gasteiger partial charge in [-0.3, -0.25) is 9.48 Å². The molecule has 11 heteroatoms. The Kier molecular flexibility index (Phi) is 6.04. The van der Waals surface area contributed by atoms with Crippen molar-refractivity contribution in [2.75, 3.05) is 5.32 Å². The number of hydrogen-bond acceptors (Lipinski definition) is 7. The van der Waals surface area contributed by atoms with Crippen molar-refractivity contribution in [2.45, 2.75) is 25.2 Å². The van der Waals surface area contributed by atoms with E-state index in [9.17, 15) is 13.2 Å². The van der Waals surface area contributed by atoms with E-state index < -0.39 is 10.0 Å². The highest BCUT2D eigenvalue weighted by molar-refractivity contribution is 7.90. The third-order valence-electron chi connectivity index (χ3n) is 6.59. The second-order valence-corrected chi connectivity index (χ2v) is 12.2. The molecule has 1 N–H and O–H groups in total. The van der Waals surface area contributed by atoms with Crippen LogP contribution in [0.5, 0.6) is 0 Å². The lowest BCUT2D eigenvalue weighted by atomic mass is 10.0. The predicted molar refractivity (Wildman–Crippen MR) is 152 cm³/mol. The van der Waals surface area contributed by atoms with Crippen molar-refractivity contribution in [3.8, 4) is 11.1 Å². The molecule has 39 heavy (non-hydrogen) atoms. The molecule has 0 saturated heterocycles. The zero-order valence-corrected chi connectivity index (χ0v) is 23.0. The zero-order valence-electron chi connectivity index (χ0n) is 21.4. The Morgan fingerprint density at radius 2 is 1.85 bits per heavy atom. The Labute approximate surface area is 228 Å². The molecular formula is C28H24N6O3S2. The number of anilines is 1. The van der Waals surface area contributed by atoms with Crippen molar-refractivity contribution in [3.63, 3.8) is 0 Å². The van der Waals surface area contributed by atoms with Gasteiger partial charge in [0.2, 0.25) is 5.91 Å². The van der Waals surface area contributed by atoms with E-state index in [4.69, 9.17) is 0 Å². The van der Waals surface area contributed by atoms with E-state index in [1.807, 2.05) is 44.5 Å². The standard InChI is InChI=1S/C28H24N6O3S2/c1-17-4-6-21(7-5-17)39(36,37)34-11-9-23-22(8-10-29-28(23)34)19-12-25(24-15-30-33(3)26(24)13-19)32-27(35)14-20-16-38-18(2)31-20/h4-13,15-16H,14H2,1-3H3,(H,32,35). The quantitative estimate of drug-likeness (QED) is 0.306. The molecule has 0 aliphatic carbocycles. The van der Waals surface area contributed by atoms with Crippen LogP contribution in [0.1, 0.15) is 16.3 Å². The van der Waals surface area contributed by atoms with Gasteiger partial charge in [-0.1, -0.05) is 17.7 Å². The first-order valence-electron chi connectivity index (χ1n) is 12.2. The van der Waals surface area contributed by atoms with E-state index in [1.165, 1.54) is 21.5 Å². The minimum atomic E-state index is -3.84. The van der Waals surface area contributed by atoms with E-state index >= 15 is 0 Å². The molecule has 0 unspecified atom stereocenters. The summed E-state index contributed by atoms with van der Waals surface area (Å²) in [5.41, 5.74) is 5.04. The lowest BCUT2D eigenvalue weighted by Crippen LogP contribution is -2.15. The van der Waals surface area contributed by atoms with Crippen molar-refractivity contribution < 1.29 is 13.2 Å². The Morgan fingerprint density at radius 1 is 1.05 bits per heavy atom. The van der Waals surface area contributed by atoms with Gasteiger partial charge < -0.3 is 5.32 Å². The van der Waals surface area contributed by atoms with Crippen LogP contribution >= 0.6 is 11.3 Å². The van der Waals surface area contributed by atoms with Crippen molar-refractivity contribution >= 4 is 54.9 Å². The van der Waals surface area contributed by atoms with Gasteiger partial charge >= 0.3 is 0 Å². The topological polar surface area (TPSA) is 112 Å². The minimum absolute atomic E-state index is 0.162. The fourth-order valence-electron chi connectivity index (χ4n) is 4.64. The number of benzene rings is 2. The van der Waals surface area contributed by atoms with Crippen LogP contribution < -0.4 is 5.32 Å². The molecule has 0 radical (unpaired) electrons. The van der Waals surface area contributed by atoms with Crippen LogP contribution in [0, 0.1) is 13.8 Å². The van der Waals surface area contributed by atoms with E-state index in [1.54, 1.807) is 47.4 Å². The molecule has 4 aromatic heterocycles. The third kappa shape index (κ3) is 4.49. The van der Waals surface area contributed by atoms with Crippen molar-refractivity contribution in [1.82, 2.24) is 23.7 Å². The van der Waals surface area contributed by atoms with Crippen molar-refractivity contribution in [2.24, 2.45) is 7.05 Å². The van der Waals surface area contributed by atoms with Crippen LogP contribution in [0.4, 0.5) is 5.69 Å². The number of fused-ring (bicyclic) bond motifs is 2. The first-order chi connectivity index (χ1) is 18.7. The first kappa shape index (κ1) is 25.0. The monoisotopic (exact) mass is 556 g/mol. The summed E-state index contributed by atoms with van der Waals surface area (Å²) >= 11 is 1.51. The summed E-state index contributed by atoms with van der Waals surface area (Å²) in [6.07, 6.45) is 5.00. The van der Waals surface area contributed by atoms with E-state index in [0.717, 1.165) is 38.3 Å². The number of aromatic nitrogens is 5. The molecule has 2 aromatic carbocycles. The normalized spacial score (nSPS) is 11.9. The van der Waals surface area contributed by atoms with Crippen LogP contribution in [-0.2, 0) is 28.3 Å². The highest BCUT2D eigenvalue weighted by atomic mass is 32.2. The van der Waals surface area contributed by atoms with Gasteiger partial charge in [-0.2, -0.15) is 5.10 Å². The number of aryl methyl sites for hydroxylation is 3. The molecular weight excluding hydrogens is 532 g/mol. The molecule has 9 nitrogen and oxygen atoms in total. The molecule has 0 spiro atoms. The number of nitrogens with one attached hydrogen (secondary N) is 1. The van der Waals surface area contributed by atoms with Gasteiger partial charge in [0.15, 0.2) is 5.65 Å². The number of carbonyl (C=O) groups is 1. The van der Waals surface area contributed by atoms with Crippen LogP contribution in [0.3, 0.4) is 0 Å². The van der Waals surface area contributed by atoms with Crippen LogP contribution in [0.15, 0.2) is 77.4 Å². The molecule has 0 aliphatic rings. The molecule has 0 saturated carbocycles. The smallest absolute Gasteiger partial charge is 0.269 e. The molecule has 4 heterocycles. The molecule has 0 atom stereocenters. The van der Waals surface area contributed by atoms with E-state index in [0.29, 0.717) is 16.7 Å².